The van der Waals surface area contributed by atoms with E-state index in [1.54, 1.807) is 18.2 Å². The van der Waals surface area contributed by atoms with Crippen LogP contribution in [0.4, 0.5) is 5.69 Å². The van der Waals surface area contributed by atoms with Crippen molar-refractivity contribution >= 4 is 27.3 Å². The van der Waals surface area contributed by atoms with E-state index in [4.69, 9.17) is 16.9 Å². The summed E-state index contributed by atoms with van der Waals surface area (Å²) in [5.74, 6) is 0. The Morgan fingerprint density at radius 3 is 2.63 bits per heavy atom. The number of anilines is 1. The molecule has 6 nitrogen and oxygen atoms in total. The SMILES string of the molecule is N#Cc1cccc(S(=O)(=O)N2CCC3(CC2)Nc2ccc(Cl)cc2-n2cccc23)c1. The molecule has 152 valence electrons. The molecule has 5 rings (SSSR count). The van der Waals surface area contributed by atoms with Crippen LogP contribution in [-0.2, 0) is 15.6 Å². The molecule has 0 bridgehead atoms. The van der Waals surface area contributed by atoms with Gasteiger partial charge in [0.15, 0.2) is 0 Å². The van der Waals surface area contributed by atoms with Crippen LogP contribution in [0.2, 0.25) is 5.02 Å². The van der Waals surface area contributed by atoms with Crippen LogP contribution in [-0.4, -0.2) is 30.4 Å². The topological polar surface area (TPSA) is 78.1 Å². The van der Waals surface area contributed by atoms with Gasteiger partial charge >= 0.3 is 0 Å². The van der Waals surface area contributed by atoms with Gasteiger partial charge in [0.25, 0.3) is 0 Å². The van der Waals surface area contributed by atoms with Crippen molar-refractivity contribution in [3.63, 3.8) is 0 Å². The molecule has 1 fully saturated rings. The fraction of sp³-hybridized carbons (Fsp3) is 0.227. The minimum absolute atomic E-state index is 0.164. The number of piperidine rings is 1. The number of sulfonamides is 1. The van der Waals surface area contributed by atoms with Crippen LogP contribution < -0.4 is 5.32 Å². The molecule has 1 aromatic heterocycles. The normalized spacial score (nSPS) is 17.6. The smallest absolute Gasteiger partial charge is 0.243 e. The van der Waals surface area contributed by atoms with E-state index in [1.165, 1.54) is 10.4 Å². The van der Waals surface area contributed by atoms with Crippen LogP contribution in [0.15, 0.2) is 65.7 Å². The lowest BCUT2D eigenvalue weighted by Crippen LogP contribution is -2.50. The van der Waals surface area contributed by atoms with Gasteiger partial charge < -0.3 is 9.88 Å². The van der Waals surface area contributed by atoms with Gasteiger partial charge in [0.05, 0.1) is 33.4 Å². The molecule has 8 heteroatoms. The van der Waals surface area contributed by atoms with Gasteiger partial charge in [-0.1, -0.05) is 17.7 Å². The second-order valence-corrected chi connectivity index (χ2v) is 10.1. The van der Waals surface area contributed by atoms with E-state index < -0.39 is 10.0 Å². The fourth-order valence-corrected chi connectivity index (χ4v) is 6.13. The summed E-state index contributed by atoms with van der Waals surface area (Å²) < 4.78 is 29.9. The predicted molar refractivity (Wildman–Crippen MR) is 115 cm³/mol. The first-order chi connectivity index (χ1) is 14.4. The zero-order valence-corrected chi connectivity index (χ0v) is 17.6. The van der Waals surface area contributed by atoms with E-state index in [2.05, 4.69) is 16.0 Å². The molecule has 1 N–H and O–H groups in total. The monoisotopic (exact) mass is 438 g/mol. The number of halogens is 1. The Bertz CT molecular complexity index is 1280. The van der Waals surface area contributed by atoms with Crippen molar-refractivity contribution in [1.29, 1.82) is 5.26 Å². The van der Waals surface area contributed by atoms with Crippen molar-refractivity contribution in [3.05, 3.63) is 77.1 Å². The lowest BCUT2D eigenvalue weighted by molar-refractivity contribution is 0.247. The molecule has 2 aliphatic heterocycles. The quantitative estimate of drug-likeness (QED) is 0.653. The van der Waals surface area contributed by atoms with E-state index in [0.29, 0.717) is 36.5 Å². The summed E-state index contributed by atoms with van der Waals surface area (Å²) in [6, 6.07) is 18.0. The lowest BCUT2D eigenvalue weighted by atomic mass is 9.83. The molecule has 0 saturated carbocycles. The van der Waals surface area contributed by atoms with Crippen LogP contribution in [0.1, 0.15) is 24.1 Å². The lowest BCUT2D eigenvalue weighted by Gasteiger charge is -2.45. The van der Waals surface area contributed by atoms with Gasteiger partial charge in [-0.2, -0.15) is 9.57 Å². The molecule has 2 aliphatic rings. The molecule has 0 unspecified atom stereocenters. The van der Waals surface area contributed by atoms with Gasteiger partial charge in [0.1, 0.15) is 0 Å². The molecular weight excluding hydrogens is 420 g/mol. The van der Waals surface area contributed by atoms with Gasteiger partial charge in [-0.15, -0.1) is 0 Å². The molecule has 3 aromatic rings. The number of benzene rings is 2. The highest BCUT2D eigenvalue weighted by Crippen LogP contribution is 2.44. The van der Waals surface area contributed by atoms with E-state index in [0.717, 1.165) is 17.1 Å². The predicted octanol–water partition coefficient (Wildman–Crippen LogP) is 4.11. The highest BCUT2D eigenvalue weighted by atomic mass is 35.5. The first-order valence-corrected chi connectivity index (χ1v) is 11.5. The Balaban J connectivity index is 1.45. The third-order valence-electron chi connectivity index (χ3n) is 6.01. The maximum Gasteiger partial charge on any atom is 0.243 e. The maximum atomic E-state index is 13.1. The molecule has 0 radical (unpaired) electrons. The van der Waals surface area contributed by atoms with Crippen LogP contribution in [0, 0.1) is 11.3 Å². The summed E-state index contributed by atoms with van der Waals surface area (Å²) >= 11 is 6.20. The Morgan fingerprint density at radius 1 is 1.07 bits per heavy atom. The maximum absolute atomic E-state index is 13.1. The molecule has 1 saturated heterocycles. The van der Waals surface area contributed by atoms with E-state index in [1.807, 2.05) is 36.5 Å². The van der Waals surface area contributed by atoms with Crippen molar-refractivity contribution in [1.82, 2.24) is 8.87 Å². The molecule has 0 aliphatic carbocycles. The Labute approximate surface area is 180 Å². The van der Waals surface area contributed by atoms with E-state index in [-0.39, 0.29) is 10.4 Å². The summed E-state index contributed by atoms with van der Waals surface area (Å²) in [5, 5.41) is 13.4. The van der Waals surface area contributed by atoms with E-state index in [9.17, 15) is 8.42 Å². The standard InChI is InChI=1S/C22H19ClN4O2S/c23-17-6-7-19-20(14-17)27-10-2-5-21(27)22(25-19)8-11-26(12-9-22)30(28,29)18-4-1-3-16(13-18)15-24/h1-7,10,13-14,25H,8-9,11-12H2. The van der Waals surface area contributed by atoms with Crippen molar-refractivity contribution < 1.29 is 8.42 Å². The fourth-order valence-electron chi connectivity index (χ4n) is 4.48. The molecule has 0 amide bonds. The van der Waals surface area contributed by atoms with Gasteiger partial charge in [0.2, 0.25) is 10.0 Å². The molecule has 3 heterocycles. The van der Waals surface area contributed by atoms with Crippen molar-refractivity contribution in [2.24, 2.45) is 0 Å². The second-order valence-electron chi connectivity index (χ2n) is 7.68. The van der Waals surface area contributed by atoms with Gasteiger partial charge in [-0.25, -0.2) is 8.42 Å². The number of aromatic nitrogens is 1. The number of hydrogen-bond donors (Lipinski definition) is 1. The average Bonchev–Trinajstić information content (AvgIpc) is 3.26. The van der Waals surface area contributed by atoms with Crippen molar-refractivity contribution in [2.45, 2.75) is 23.3 Å². The van der Waals surface area contributed by atoms with Crippen LogP contribution in [0.3, 0.4) is 0 Å². The molecule has 0 atom stereocenters. The first kappa shape index (κ1) is 19.2. The number of nitriles is 1. The Morgan fingerprint density at radius 2 is 1.87 bits per heavy atom. The zero-order valence-electron chi connectivity index (χ0n) is 16.0. The minimum Gasteiger partial charge on any atom is -0.372 e. The number of nitrogens with one attached hydrogen (secondary N) is 1. The number of fused-ring (bicyclic) bond motifs is 4. The van der Waals surface area contributed by atoms with Gasteiger partial charge in [0, 0.05) is 30.0 Å². The number of nitrogens with zero attached hydrogens (tertiary/aromatic N) is 3. The van der Waals surface area contributed by atoms with Gasteiger partial charge in [-0.05, 0) is 61.4 Å². The average molecular weight is 439 g/mol. The zero-order chi connectivity index (χ0) is 20.9. The number of hydrogen-bond acceptors (Lipinski definition) is 4. The molecule has 2 aromatic carbocycles. The third kappa shape index (κ3) is 2.91. The minimum atomic E-state index is -3.65. The van der Waals surface area contributed by atoms with Crippen molar-refractivity contribution in [3.8, 4) is 11.8 Å². The molecule has 30 heavy (non-hydrogen) atoms. The van der Waals surface area contributed by atoms with E-state index >= 15 is 0 Å². The van der Waals surface area contributed by atoms with Crippen molar-refractivity contribution in [2.75, 3.05) is 18.4 Å². The number of rotatable bonds is 2. The summed E-state index contributed by atoms with van der Waals surface area (Å²) in [4.78, 5) is 0.164. The summed E-state index contributed by atoms with van der Waals surface area (Å²) in [6.45, 7) is 0.778. The van der Waals surface area contributed by atoms with Crippen LogP contribution >= 0.6 is 11.6 Å². The van der Waals surface area contributed by atoms with Gasteiger partial charge in [-0.3, -0.25) is 0 Å². The highest BCUT2D eigenvalue weighted by molar-refractivity contribution is 7.89. The Hall–Kier alpha value is -2.79. The largest absolute Gasteiger partial charge is 0.372 e. The highest BCUT2D eigenvalue weighted by Gasteiger charge is 2.43. The second kappa shape index (κ2) is 6.88. The third-order valence-corrected chi connectivity index (χ3v) is 8.14. The first-order valence-electron chi connectivity index (χ1n) is 9.69. The summed E-state index contributed by atoms with van der Waals surface area (Å²) in [7, 11) is -3.65. The van der Waals surface area contributed by atoms with Crippen LogP contribution in [0.5, 0.6) is 0 Å². The summed E-state index contributed by atoms with van der Waals surface area (Å²) in [5.41, 5.74) is 3.09. The summed E-state index contributed by atoms with van der Waals surface area (Å²) in [6.07, 6.45) is 3.29. The van der Waals surface area contributed by atoms with Crippen LogP contribution in [0.25, 0.3) is 5.69 Å². The Kier molecular flexibility index (Phi) is 4.40. The molecular formula is C22H19ClN4O2S. The molecule has 1 spiro atoms.